The molecule has 1 atom stereocenters. The molecule has 130 valence electrons. The molecule has 4 N–H and O–H groups in total. The van der Waals surface area contributed by atoms with E-state index >= 15 is 0 Å². The standard InChI is InChI=1S/C20H18N4O2/c21-19(25)15-9-6-10-16(13-15)23-20(26)24-18(14-7-2-1-3-8-14)17-11-4-5-12-22-17/h1-13,18H,(H2,21,25)(H2,23,24,26). The molecule has 0 saturated heterocycles. The summed E-state index contributed by atoms with van der Waals surface area (Å²) in [7, 11) is 0. The van der Waals surface area contributed by atoms with Crippen molar-refractivity contribution in [2.75, 3.05) is 5.32 Å². The summed E-state index contributed by atoms with van der Waals surface area (Å²) < 4.78 is 0. The molecule has 0 spiro atoms. The third kappa shape index (κ3) is 4.24. The van der Waals surface area contributed by atoms with Crippen LogP contribution in [0.4, 0.5) is 10.5 Å². The molecular weight excluding hydrogens is 328 g/mol. The van der Waals surface area contributed by atoms with E-state index in [2.05, 4.69) is 15.6 Å². The minimum Gasteiger partial charge on any atom is -0.366 e. The van der Waals surface area contributed by atoms with Gasteiger partial charge in [0, 0.05) is 17.4 Å². The normalized spacial score (nSPS) is 11.4. The number of rotatable bonds is 5. The second kappa shape index (κ2) is 7.94. The number of nitrogens with two attached hydrogens (primary N) is 1. The number of benzene rings is 2. The van der Waals surface area contributed by atoms with Crippen LogP contribution in [0.25, 0.3) is 0 Å². The van der Waals surface area contributed by atoms with E-state index in [-0.39, 0.29) is 0 Å². The van der Waals surface area contributed by atoms with Crippen LogP contribution in [-0.2, 0) is 0 Å². The molecule has 6 heteroatoms. The number of hydrogen-bond donors (Lipinski definition) is 3. The van der Waals surface area contributed by atoms with Crippen LogP contribution >= 0.6 is 0 Å². The molecule has 0 fully saturated rings. The number of carbonyl (C=O) groups excluding carboxylic acids is 2. The van der Waals surface area contributed by atoms with Gasteiger partial charge in [0.2, 0.25) is 5.91 Å². The topological polar surface area (TPSA) is 97.1 Å². The van der Waals surface area contributed by atoms with E-state index in [9.17, 15) is 9.59 Å². The van der Waals surface area contributed by atoms with Crippen molar-refractivity contribution in [2.24, 2.45) is 5.73 Å². The highest BCUT2D eigenvalue weighted by Gasteiger charge is 2.18. The number of pyridine rings is 1. The summed E-state index contributed by atoms with van der Waals surface area (Å²) in [5.41, 5.74) is 7.71. The van der Waals surface area contributed by atoms with Gasteiger partial charge in [0.25, 0.3) is 0 Å². The summed E-state index contributed by atoms with van der Waals surface area (Å²) in [5, 5.41) is 5.64. The van der Waals surface area contributed by atoms with Crippen molar-refractivity contribution in [3.05, 3.63) is 95.8 Å². The van der Waals surface area contributed by atoms with Crippen molar-refractivity contribution in [3.63, 3.8) is 0 Å². The van der Waals surface area contributed by atoms with Crippen molar-refractivity contribution in [3.8, 4) is 0 Å². The SMILES string of the molecule is NC(=O)c1cccc(NC(=O)NC(c2ccccc2)c2ccccn2)c1. The molecule has 1 unspecified atom stereocenters. The molecule has 0 aliphatic rings. The van der Waals surface area contributed by atoms with Crippen molar-refractivity contribution in [2.45, 2.75) is 6.04 Å². The smallest absolute Gasteiger partial charge is 0.320 e. The molecule has 3 aromatic rings. The lowest BCUT2D eigenvalue weighted by atomic mass is 10.0. The molecule has 0 saturated carbocycles. The Morgan fingerprint density at radius 1 is 0.923 bits per heavy atom. The molecule has 1 heterocycles. The Labute approximate surface area is 151 Å². The molecule has 3 rings (SSSR count). The number of carbonyl (C=O) groups is 2. The largest absolute Gasteiger partial charge is 0.366 e. The maximum Gasteiger partial charge on any atom is 0.320 e. The van der Waals surface area contributed by atoms with Crippen LogP contribution in [0.2, 0.25) is 0 Å². The Kier molecular flexibility index (Phi) is 5.24. The first-order valence-electron chi connectivity index (χ1n) is 8.07. The lowest BCUT2D eigenvalue weighted by Gasteiger charge is -2.19. The molecule has 0 bridgehead atoms. The van der Waals surface area contributed by atoms with Gasteiger partial charge in [-0.3, -0.25) is 9.78 Å². The minimum atomic E-state index is -0.551. The highest BCUT2D eigenvalue weighted by atomic mass is 16.2. The molecule has 2 aromatic carbocycles. The van der Waals surface area contributed by atoms with E-state index in [4.69, 9.17) is 5.73 Å². The van der Waals surface area contributed by atoms with E-state index in [0.29, 0.717) is 11.3 Å². The van der Waals surface area contributed by atoms with Crippen LogP contribution in [-0.4, -0.2) is 16.9 Å². The molecule has 3 amide bonds. The molecule has 0 aliphatic carbocycles. The molecule has 1 aromatic heterocycles. The number of anilines is 1. The predicted molar refractivity (Wildman–Crippen MR) is 99.6 cm³/mol. The highest BCUT2D eigenvalue weighted by molar-refractivity contribution is 5.96. The zero-order valence-corrected chi connectivity index (χ0v) is 13.9. The second-order valence-electron chi connectivity index (χ2n) is 5.64. The van der Waals surface area contributed by atoms with Gasteiger partial charge in [-0.15, -0.1) is 0 Å². The van der Waals surface area contributed by atoms with Crippen molar-refractivity contribution in [1.82, 2.24) is 10.3 Å². The first-order chi connectivity index (χ1) is 12.6. The maximum atomic E-state index is 12.5. The van der Waals surface area contributed by atoms with Crippen molar-refractivity contribution >= 4 is 17.6 Å². The van der Waals surface area contributed by atoms with Gasteiger partial charge in [-0.05, 0) is 35.9 Å². The Morgan fingerprint density at radius 2 is 1.69 bits per heavy atom. The average Bonchev–Trinajstić information content (AvgIpc) is 2.67. The maximum absolute atomic E-state index is 12.5. The zero-order valence-electron chi connectivity index (χ0n) is 13.9. The van der Waals surface area contributed by atoms with Crippen LogP contribution in [0.15, 0.2) is 79.0 Å². The fourth-order valence-electron chi connectivity index (χ4n) is 2.57. The fraction of sp³-hybridized carbons (Fsp3) is 0.0500. The summed E-state index contributed by atoms with van der Waals surface area (Å²) >= 11 is 0. The van der Waals surface area contributed by atoms with Crippen LogP contribution in [0.1, 0.15) is 27.7 Å². The molecule has 0 aliphatic heterocycles. The minimum absolute atomic E-state index is 0.326. The van der Waals surface area contributed by atoms with Gasteiger partial charge in [-0.1, -0.05) is 42.5 Å². The van der Waals surface area contributed by atoms with E-state index in [1.54, 1.807) is 24.4 Å². The number of amides is 3. The lowest BCUT2D eigenvalue weighted by Crippen LogP contribution is -2.33. The Morgan fingerprint density at radius 3 is 2.38 bits per heavy atom. The number of hydrogen-bond acceptors (Lipinski definition) is 3. The summed E-state index contributed by atoms with van der Waals surface area (Å²) in [4.78, 5) is 28.1. The van der Waals surface area contributed by atoms with E-state index in [0.717, 1.165) is 11.3 Å². The van der Waals surface area contributed by atoms with Gasteiger partial charge in [0.05, 0.1) is 11.7 Å². The quantitative estimate of drug-likeness (QED) is 0.662. The third-order valence-corrected chi connectivity index (χ3v) is 3.80. The first kappa shape index (κ1) is 17.2. The lowest BCUT2D eigenvalue weighted by molar-refractivity contribution is 0.1000. The predicted octanol–water partition coefficient (Wildman–Crippen LogP) is 3.09. The number of nitrogens with zero attached hydrogens (tertiary/aromatic N) is 1. The van der Waals surface area contributed by atoms with Gasteiger partial charge in [-0.25, -0.2) is 4.79 Å². The highest BCUT2D eigenvalue weighted by Crippen LogP contribution is 2.20. The van der Waals surface area contributed by atoms with E-state index in [1.165, 1.54) is 6.07 Å². The van der Waals surface area contributed by atoms with Gasteiger partial charge in [0.15, 0.2) is 0 Å². The monoisotopic (exact) mass is 346 g/mol. The molecule has 26 heavy (non-hydrogen) atoms. The van der Waals surface area contributed by atoms with Crippen molar-refractivity contribution in [1.29, 1.82) is 0 Å². The Hall–Kier alpha value is -3.67. The van der Waals surface area contributed by atoms with E-state index < -0.39 is 18.0 Å². The van der Waals surface area contributed by atoms with Gasteiger partial charge < -0.3 is 16.4 Å². The Bertz CT molecular complexity index is 858. The van der Waals surface area contributed by atoms with Gasteiger partial charge in [0.1, 0.15) is 0 Å². The summed E-state index contributed by atoms with van der Waals surface area (Å²) in [6, 6.07) is 20.8. The van der Waals surface area contributed by atoms with Crippen molar-refractivity contribution < 1.29 is 9.59 Å². The summed E-state index contributed by atoms with van der Waals surface area (Å²) in [6.45, 7) is 0. The Balaban J connectivity index is 1.80. The molecule has 0 radical (unpaired) electrons. The van der Waals surface area contributed by atoms with Crippen LogP contribution < -0.4 is 16.4 Å². The van der Waals surface area contributed by atoms with E-state index in [1.807, 2.05) is 48.5 Å². The second-order valence-corrected chi connectivity index (χ2v) is 5.64. The number of nitrogens with one attached hydrogen (secondary N) is 2. The summed E-state index contributed by atoms with van der Waals surface area (Å²) in [5.74, 6) is -0.551. The van der Waals surface area contributed by atoms with Crippen LogP contribution in [0.5, 0.6) is 0 Å². The molecular formula is C20H18N4O2. The van der Waals surface area contributed by atoms with Gasteiger partial charge >= 0.3 is 6.03 Å². The van der Waals surface area contributed by atoms with Crippen LogP contribution in [0, 0.1) is 0 Å². The van der Waals surface area contributed by atoms with Crippen LogP contribution in [0.3, 0.4) is 0 Å². The zero-order chi connectivity index (χ0) is 18.4. The number of aromatic nitrogens is 1. The first-order valence-corrected chi connectivity index (χ1v) is 8.07. The van der Waals surface area contributed by atoms with Gasteiger partial charge in [-0.2, -0.15) is 0 Å². The average molecular weight is 346 g/mol. The summed E-state index contributed by atoms with van der Waals surface area (Å²) in [6.07, 6.45) is 1.68. The fourth-order valence-corrected chi connectivity index (χ4v) is 2.57. The number of urea groups is 1. The third-order valence-electron chi connectivity index (χ3n) is 3.80. The number of primary amides is 1. The molecule has 6 nitrogen and oxygen atoms in total.